The van der Waals surface area contributed by atoms with Crippen molar-refractivity contribution < 1.29 is 4.42 Å². The Morgan fingerprint density at radius 1 is 1.33 bits per heavy atom. The molecule has 2 aromatic rings. The molecular formula is C6HBrCl2N2O. The normalized spacial score (nSPS) is 10.9. The molecule has 12 heavy (non-hydrogen) atoms. The minimum Gasteiger partial charge on any atom is -0.458 e. The van der Waals surface area contributed by atoms with Crippen molar-refractivity contribution in [3.8, 4) is 0 Å². The second-order valence-corrected chi connectivity index (χ2v) is 3.60. The number of aromatic nitrogens is 2. The van der Waals surface area contributed by atoms with Gasteiger partial charge in [-0.25, -0.2) is 9.97 Å². The van der Waals surface area contributed by atoms with Crippen LogP contribution in [0.4, 0.5) is 0 Å². The van der Waals surface area contributed by atoms with Crippen LogP contribution in [-0.2, 0) is 0 Å². The Kier molecular flexibility index (Phi) is 1.98. The van der Waals surface area contributed by atoms with Crippen LogP contribution in [0.2, 0.25) is 10.4 Å². The van der Waals surface area contributed by atoms with E-state index in [0.29, 0.717) is 15.6 Å². The first-order chi connectivity index (χ1) is 5.68. The second kappa shape index (κ2) is 2.87. The first-order valence-electron chi connectivity index (χ1n) is 2.94. The zero-order valence-corrected chi connectivity index (χ0v) is 8.61. The molecule has 0 atom stereocenters. The van der Waals surface area contributed by atoms with Gasteiger partial charge in [-0.05, 0) is 27.5 Å². The average Bonchev–Trinajstić information content (AvgIpc) is 2.33. The number of halogens is 3. The highest BCUT2D eigenvalue weighted by atomic mass is 79.9. The van der Waals surface area contributed by atoms with E-state index in [2.05, 4.69) is 25.9 Å². The molecule has 0 aliphatic rings. The number of nitrogens with zero attached hydrogens (tertiary/aromatic N) is 2. The molecule has 3 nitrogen and oxygen atoms in total. The van der Waals surface area contributed by atoms with Crippen molar-refractivity contribution in [1.82, 2.24) is 9.97 Å². The number of hydrogen-bond donors (Lipinski definition) is 0. The smallest absolute Gasteiger partial charge is 0.224 e. The molecule has 0 aliphatic heterocycles. The van der Waals surface area contributed by atoms with Gasteiger partial charge in [-0.2, -0.15) is 0 Å². The van der Waals surface area contributed by atoms with Crippen molar-refractivity contribution in [3.05, 3.63) is 21.2 Å². The van der Waals surface area contributed by atoms with Gasteiger partial charge in [0.1, 0.15) is 11.8 Å². The monoisotopic (exact) mass is 266 g/mol. The molecule has 2 heterocycles. The van der Waals surface area contributed by atoms with Gasteiger partial charge in [-0.1, -0.05) is 11.6 Å². The largest absolute Gasteiger partial charge is 0.458 e. The number of rotatable bonds is 0. The van der Waals surface area contributed by atoms with E-state index >= 15 is 0 Å². The number of hydrogen-bond acceptors (Lipinski definition) is 3. The van der Waals surface area contributed by atoms with E-state index in [1.807, 2.05) is 0 Å². The molecule has 0 fully saturated rings. The molecule has 0 aliphatic carbocycles. The molecule has 0 aromatic carbocycles. The molecule has 0 unspecified atom stereocenters. The lowest BCUT2D eigenvalue weighted by molar-refractivity contribution is 0.612. The summed E-state index contributed by atoms with van der Waals surface area (Å²) in [5.74, 6) is 0. The van der Waals surface area contributed by atoms with Crippen LogP contribution in [0.25, 0.3) is 11.1 Å². The molecule has 0 radical (unpaired) electrons. The Morgan fingerprint density at radius 2 is 2.08 bits per heavy atom. The zero-order chi connectivity index (χ0) is 8.72. The average molecular weight is 268 g/mol. The minimum absolute atomic E-state index is 0.106. The van der Waals surface area contributed by atoms with Crippen molar-refractivity contribution >= 4 is 50.2 Å². The highest BCUT2D eigenvalue weighted by molar-refractivity contribution is 9.10. The Morgan fingerprint density at radius 3 is 2.83 bits per heavy atom. The third-order valence-electron chi connectivity index (χ3n) is 1.30. The number of fused-ring (bicyclic) bond motifs is 1. The summed E-state index contributed by atoms with van der Waals surface area (Å²) in [5, 5.41) is 0.324. The van der Waals surface area contributed by atoms with E-state index in [9.17, 15) is 0 Å². The van der Waals surface area contributed by atoms with Gasteiger partial charge in [-0.3, -0.25) is 0 Å². The molecule has 0 N–H and O–H groups in total. The molecular weight excluding hydrogens is 267 g/mol. The van der Waals surface area contributed by atoms with Gasteiger partial charge in [0.2, 0.25) is 5.28 Å². The SMILES string of the molecule is Clc1nc(Cl)c2occ(Br)c2n1. The minimum atomic E-state index is 0.106. The lowest BCUT2D eigenvalue weighted by atomic mass is 10.5. The summed E-state index contributed by atoms with van der Waals surface area (Å²) in [5.41, 5.74) is 1.02. The predicted molar refractivity (Wildman–Crippen MR) is 49.5 cm³/mol. The van der Waals surface area contributed by atoms with Gasteiger partial charge < -0.3 is 4.42 Å². The molecule has 0 spiro atoms. The van der Waals surface area contributed by atoms with E-state index in [-0.39, 0.29) is 10.4 Å². The summed E-state index contributed by atoms with van der Waals surface area (Å²) in [4.78, 5) is 7.65. The Hall–Kier alpha value is -0.320. The first-order valence-corrected chi connectivity index (χ1v) is 4.49. The van der Waals surface area contributed by atoms with E-state index in [4.69, 9.17) is 27.6 Å². The van der Waals surface area contributed by atoms with Gasteiger partial charge in [-0.15, -0.1) is 0 Å². The molecule has 0 saturated heterocycles. The van der Waals surface area contributed by atoms with Crippen molar-refractivity contribution in [2.24, 2.45) is 0 Å². The highest BCUT2D eigenvalue weighted by Gasteiger charge is 2.10. The van der Waals surface area contributed by atoms with Gasteiger partial charge in [0.05, 0.1) is 4.47 Å². The van der Waals surface area contributed by atoms with Crippen LogP contribution in [0.1, 0.15) is 0 Å². The predicted octanol–water partition coefficient (Wildman–Crippen LogP) is 3.29. The zero-order valence-electron chi connectivity index (χ0n) is 5.51. The van der Waals surface area contributed by atoms with Crippen molar-refractivity contribution in [2.45, 2.75) is 0 Å². The molecule has 0 bridgehead atoms. The molecule has 2 rings (SSSR count). The second-order valence-electron chi connectivity index (χ2n) is 2.04. The quantitative estimate of drug-likeness (QED) is 0.543. The third kappa shape index (κ3) is 1.20. The van der Waals surface area contributed by atoms with Gasteiger partial charge in [0, 0.05) is 0 Å². The van der Waals surface area contributed by atoms with Gasteiger partial charge >= 0.3 is 0 Å². The first kappa shape index (κ1) is 8.29. The fourth-order valence-electron chi connectivity index (χ4n) is 0.830. The summed E-state index contributed by atoms with van der Waals surface area (Å²) in [6.45, 7) is 0. The Bertz CT molecular complexity index is 442. The lowest BCUT2D eigenvalue weighted by Gasteiger charge is -1.91. The molecule has 0 saturated carbocycles. The maximum Gasteiger partial charge on any atom is 0.224 e. The fourth-order valence-corrected chi connectivity index (χ4v) is 1.62. The van der Waals surface area contributed by atoms with Crippen LogP contribution in [0, 0.1) is 0 Å². The Labute approximate surface area is 85.8 Å². The topological polar surface area (TPSA) is 38.9 Å². The van der Waals surface area contributed by atoms with Crippen LogP contribution in [0.3, 0.4) is 0 Å². The van der Waals surface area contributed by atoms with Crippen LogP contribution in [0.5, 0.6) is 0 Å². The summed E-state index contributed by atoms with van der Waals surface area (Å²) < 4.78 is 5.78. The maximum atomic E-state index is 5.73. The summed E-state index contributed by atoms with van der Waals surface area (Å²) in [7, 11) is 0. The van der Waals surface area contributed by atoms with E-state index < -0.39 is 0 Å². The fraction of sp³-hybridized carbons (Fsp3) is 0. The van der Waals surface area contributed by atoms with Crippen LogP contribution < -0.4 is 0 Å². The van der Waals surface area contributed by atoms with E-state index in [0.717, 1.165) is 0 Å². The molecule has 6 heteroatoms. The van der Waals surface area contributed by atoms with Crippen LogP contribution in [0.15, 0.2) is 15.2 Å². The Balaban J connectivity index is 2.92. The lowest BCUT2D eigenvalue weighted by Crippen LogP contribution is -1.82. The summed E-state index contributed by atoms with van der Waals surface area (Å²) in [6.07, 6.45) is 1.49. The maximum absolute atomic E-state index is 5.73. The van der Waals surface area contributed by atoms with E-state index in [1.54, 1.807) is 0 Å². The summed E-state index contributed by atoms with van der Waals surface area (Å²) in [6, 6.07) is 0. The molecule has 62 valence electrons. The highest BCUT2D eigenvalue weighted by Crippen LogP contribution is 2.29. The van der Waals surface area contributed by atoms with Crippen LogP contribution in [-0.4, -0.2) is 9.97 Å². The number of furan rings is 1. The van der Waals surface area contributed by atoms with Gasteiger partial charge in [0.15, 0.2) is 10.7 Å². The van der Waals surface area contributed by atoms with Crippen molar-refractivity contribution in [1.29, 1.82) is 0 Å². The van der Waals surface area contributed by atoms with Crippen LogP contribution >= 0.6 is 39.1 Å². The molecule has 0 amide bonds. The molecule has 2 aromatic heterocycles. The summed E-state index contributed by atoms with van der Waals surface area (Å²) >= 11 is 14.5. The van der Waals surface area contributed by atoms with E-state index in [1.165, 1.54) is 6.26 Å². The van der Waals surface area contributed by atoms with Gasteiger partial charge in [0.25, 0.3) is 0 Å². The van der Waals surface area contributed by atoms with Crippen molar-refractivity contribution in [3.63, 3.8) is 0 Å². The third-order valence-corrected chi connectivity index (χ3v) is 2.29. The standard InChI is InChI=1S/C6HBrCl2N2O/c7-2-1-12-4-3(2)10-6(9)11-5(4)8/h1H. The van der Waals surface area contributed by atoms with Crippen molar-refractivity contribution in [2.75, 3.05) is 0 Å².